The number of hydrogen-bond acceptors (Lipinski definition) is 7. The van der Waals surface area contributed by atoms with Gasteiger partial charge in [-0.05, 0) is 65.2 Å². The van der Waals surface area contributed by atoms with Gasteiger partial charge in [0.05, 0.1) is 31.9 Å². The second-order valence-corrected chi connectivity index (χ2v) is 9.30. The van der Waals surface area contributed by atoms with Crippen LogP contribution in [-0.4, -0.2) is 30.6 Å². The van der Waals surface area contributed by atoms with Gasteiger partial charge in [-0.2, -0.15) is 4.37 Å². The van der Waals surface area contributed by atoms with E-state index in [4.69, 9.17) is 14.2 Å². The number of hydrogen-bond donors (Lipinski definition) is 1. The minimum Gasteiger partial charge on any atom is -0.496 e. The van der Waals surface area contributed by atoms with Gasteiger partial charge >= 0.3 is 0 Å². The van der Waals surface area contributed by atoms with Crippen molar-refractivity contribution in [1.82, 2.24) is 4.37 Å². The van der Waals surface area contributed by atoms with Gasteiger partial charge < -0.3 is 19.1 Å². The Balaban J connectivity index is 2.10. The van der Waals surface area contributed by atoms with Crippen LogP contribution in [0.4, 0.5) is 0 Å². The topological polar surface area (TPSA) is 77.9 Å². The van der Waals surface area contributed by atoms with E-state index in [1.165, 1.54) is 18.6 Å². The standard InChI is InChI=1S/C19H20NO5PS2/c1-11-7-13(8-16(24-3)19(11)25-4)18-14(10-27-20-18)12-5-6-15(23-2)17(9-12)28-26(21)22/h5-10,26H,1-4H3,(H,21,22). The van der Waals surface area contributed by atoms with Crippen LogP contribution in [0.25, 0.3) is 22.4 Å². The lowest BCUT2D eigenvalue weighted by Crippen LogP contribution is -1.95. The summed E-state index contributed by atoms with van der Waals surface area (Å²) in [6, 6.07) is 9.47. The van der Waals surface area contributed by atoms with Crippen molar-refractivity contribution >= 4 is 30.1 Å². The number of aryl methyl sites for hydroxylation is 1. The van der Waals surface area contributed by atoms with E-state index in [9.17, 15) is 9.46 Å². The van der Waals surface area contributed by atoms with Crippen LogP contribution in [0.2, 0.25) is 0 Å². The Morgan fingerprint density at radius 1 is 1.04 bits per heavy atom. The zero-order chi connectivity index (χ0) is 20.3. The van der Waals surface area contributed by atoms with Crippen molar-refractivity contribution < 1.29 is 23.7 Å². The monoisotopic (exact) mass is 437 g/mol. The van der Waals surface area contributed by atoms with Gasteiger partial charge in [0.15, 0.2) is 11.5 Å². The summed E-state index contributed by atoms with van der Waals surface area (Å²) in [5.74, 6) is 1.90. The van der Waals surface area contributed by atoms with Crippen molar-refractivity contribution in [3.8, 4) is 39.6 Å². The fourth-order valence-electron chi connectivity index (χ4n) is 2.96. The Morgan fingerprint density at radius 2 is 1.79 bits per heavy atom. The van der Waals surface area contributed by atoms with E-state index in [0.29, 0.717) is 22.1 Å². The summed E-state index contributed by atoms with van der Waals surface area (Å²) in [6.45, 7) is 1.96. The predicted molar refractivity (Wildman–Crippen MR) is 114 cm³/mol. The van der Waals surface area contributed by atoms with Gasteiger partial charge in [0, 0.05) is 16.5 Å². The van der Waals surface area contributed by atoms with Crippen molar-refractivity contribution in [2.45, 2.75) is 11.8 Å². The molecule has 1 aromatic heterocycles. The molecule has 0 saturated heterocycles. The third kappa shape index (κ3) is 4.20. The van der Waals surface area contributed by atoms with E-state index in [2.05, 4.69) is 4.37 Å². The molecule has 0 aliphatic carbocycles. The third-order valence-electron chi connectivity index (χ3n) is 4.18. The number of ether oxygens (including phenoxy) is 3. The minimum absolute atomic E-state index is 0.563. The van der Waals surface area contributed by atoms with Crippen LogP contribution < -0.4 is 14.2 Å². The molecular formula is C19H20NO5PS2. The summed E-state index contributed by atoms with van der Waals surface area (Å²) in [7, 11) is 2.01. The maximum Gasteiger partial charge on any atom is 0.248 e. The zero-order valence-electron chi connectivity index (χ0n) is 15.8. The molecule has 28 heavy (non-hydrogen) atoms. The van der Waals surface area contributed by atoms with Crippen LogP contribution >= 0.6 is 30.1 Å². The molecule has 0 radical (unpaired) electrons. The molecule has 0 aliphatic heterocycles. The zero-order valence-corrected chi connectivity index (χ0v) is 18.4. The van der Waals surface area contributed by atoms with Crippen LogP contribution in [-0.2, 0) is 4.57 Å². The molecule has 1 atom stereocenters. The van der Waals surface area contributed by atoms with E-state index in [1.807, 2.05) is 36.6 Å². The molecule has 6 nitrogen and oxygen atoms in total. The average molecular weight is 437 g/mol. The Hall–Kier alpha value is -1.99. The third-order valence-corrected chi connectivity index (χ3v) is 6.71. The van der Waals surface area contributed by atoms with Crippen molar-refractivity contribution in [2.24, 2.45) is 0 Å². The van der Waals surface area contributed by atoms with Gasteiger partial charge in [0.25, 0.3) is 0 Å². The summed E-state index contributed by atoms with van der Waals surface area (Å²) in [5, 5.41) is 1.96. The molecule has 148 valence electrons. The van der Waals surface area contributed by atoms with E-state index in [0.717, 1.165) is 39.3 Å². The predicted octanol–water partition coefficient (Wildman–Crippen LogP) is 5.29. The molecule has 0 amide bonds. The fraction of sp³-hybridized carbons (Fsp3) is 0.211. The molecule has 0 saturated carbocycles. The van der Waals surface area contributed by atoms with E-state index >= 15 is 0 Å². The maximum atomic E-state index is 11.3. The SMILES string of the molecule is COc1ccc(-c2csnc2-c2cc(C)c(OC)c(OC)c2)cc1S[PH](=O)O. The van der Waals surface area contributed by atoms with Crippen LogP contribution in [0.15, 0.2) is 40.6 Å². The Bertz CT molecular complexity index is 1020. The molecule has 0 spiro atoms. The largest absolute Gasteiger partial charge is 0.496 e. The van der Waals surface area contributed by atoms with Gasteiger partial charge in [0.1, 0.15) is 5.75 Å². The van der Waals surface area contributed by atoms with Crippen LogP contribution in [0.5, 0.6) is 17.2 Å². The Morgan fingerprint density at radius 3 is 2.43 bits per heavy atom. The molecule has 9 heteroatoms. The highest BCUT2D eigenvalue weighted by Crippen LogP contribution is 2.47. The smallest absolute Gasteiger partial charge is 0.248 e. The van der Waals surface area contributed by atoms with Crippen LogP contribution in [0, 0.1) is 6.92 Å². The quantitative estimate of drug-likeness (QED) is 0.504. The molecule has 2 aromatic carbocycles. The molecule has 3 aromatic rings. The van der Waals surface area contributed by atoms with Gasteiger partial charge in [-0.1, -0.05) is 6.07 Å². The molecule has 0 aliphatic rings. The Labute approximate surface area is 172 Å². The fourth-order valence-corrected chi connectivity index (χ4v) is 5.34. The first-order valence-electron chi connectivity index (χ1n) is 8.25. The van der Waals surface area contributed by atoms with E-state index in [-0.39, 0.29) is 0 Å². The lowest BCUT2D eigenvalue weighted by molar-refractivity contribution is 0.353. The number of benzene rings is 2. The maximum absolute atomic E-state index is 11.3. The van der Waals surface area contributed by atoms with E-state index in [1.54, 1.807) is 20.3 Å². The molecule has 1 unspecified atom stereocenters. The minimum atomic E-state index is -2.74. The number of methoxy groups -OCH3 is 3. The average Bonchev–Trinajstić information content (AvgIpc) is 3.16. The van der Waals surface area contributed by atoms with Crippen molar-refractivity contribution in [3.63, 3.8) is 0 Å². The summed E-state index contributed by atoms with van der Waals surface area (Å²) < 4.78 is 32.1. The van der Waals surface area contributed by atoms with Crippen molar-refractivity contribution in [3.05, 3.63) is 41.3 Å². The molecule has 1 heterocycles. The molecule has 1 N–H and O–H groups in total. The van der Waals surface area contributed by atoms with Gasteiger partial charge in [-0.3, -0.25) is 4.57 Å². The molecule has 3 rings (SSSR count). The van der Waals surface area contributed by atoms with Gasteiger partial charge in [-0.25, -0.2) is 0 Å². The second-order valence-electron chi connectivity index (χ2n) is 5.84. The van der Waals surface area contributed by atoms with E-state index < -0.39 is 7.23 Å². The summed E-state index contributed by atoms with van der Waals surface area (Å²) in [4.78, 5) is 9.95. The highest BCUT2D eigenvalue weighted by molar-refractivity contribution is 8.50. The summed E-state index contributed by atoms with van der Waals surface area (Å²) >= 11 is 2.25. The lowest BCUT2D eigenvalue weighted by atomic mass is 10.00. The molecule has 0 bridgehead atoms. The van der Waals surface area contributed by atoms with Crippen LogP contribution in [0.1, 0.15) is 5.56 Å². The highest BCUT2D eigenvalue weighted by atomic mass is 32.7. The van der Waals surface area contributed by atoms with Crippen molar-refractivity contribution in [1.29, 1.82) is 0 Å². The summed E-state index contributed by atoms with van der Waals surface area (Å²) in [5.41, 5.74) is 4.49. The van der Waals surface area contributed by atoms with Gasteiger partial charge in [-0.15, -0.1) is 0 Å². The summed E-state index contributed by atoms with van der Waals surface area (Å²) in [6.07, 6.45) is 0. The highest BCUT2D eigenvalue weighted by Gasteiger charge is 2.17. The van der Waals surface area contributed by atoms with Crippen LogP contribution in [0.3, 0.4) is 0 Å². The first-order valence-corrected chi connectivity index (χ1v) is 12.0. The number of aromatic nitrogens is 1. The molecular weight excluding hydrogens is 417 g/mol. The first-order chi connectivity index (χ1) is 13.5. The number of nitrogens with zero attached hydrogens (tertiary/aromatic N) is 1. The second kappa shape index (κ2) is 9.01. The Kier molecular flexibility index (Phi) is 6.67. The van der Waals surface area contributed by atoms with Crippen molar-refractivity contribution in [2.75, 3.05) is 21.3 Å². The lowest BCUT2D eigenvalue weighted by Gasteiger charge is -2.13. The molecule has 0 fully saturated rings. The van der Waals surface area contributed by atoms with Gasteiger partial charge in [0.2, 0.25) is 7.23 Å². The number of rotatable bonds is 7. The normalized spacial score (nSPS) is 11.9. The first kappa shape index (κ1) is 20.7.